The first-order valence-corrected chi connectivity index (χ1v) is 9.30. The van der Waals surface area contributed by atoms with Gasteiger partial charge >= 0.3 is 0 Å². The topological polar surface area (TPSA) is 73.0 Å². The lowest BCUT2D eigenvalue weighted by atomic mass is 10.2. The highest BCUT2D eigenvalue weighted by molar-refractivity contribution is 8.00. The summed E-state index contributed by atoms with van der Waals surface area (Å²) in [5.74, 6) is 1.04. The largest absolute Gasteiger partial charge is 0.360 e. The highest BCUT2D eigenvalue weighted by atomic mass is 32.2. The maximum absolute atomic E-state index is 12.4. The Morgan fingerprint density at radius 1 is 1.38 bits per heavy atom. The van der Waals surface area contributed by atoms with E-state index in [1.807, 2.05) is 13.8 Å². The van der Waals surface area contributed by atoms with Crippen LogP contribution in [0.1, 0.15) is 55.8 Å². The van der Waals surface area contributed by atoms with Crippen LogP contribution in [0.2, 0.25) is 0 Å². The van der Waals surface area contributed by atoms with Gasteiger partial charge in [0, 0.05) is 17.8 Å². The molecule has 0 bridgehead atoms. The fraction of sp³-hybridized carbons (Fsp3) is 0.588. The molecule has 1 atom stereocenters. The number of carbonyl (C=O) groups excluding carboxylic acids is 1. The molecular formula is C17H24N4O2S. The molecule has 1 saturated carbocycles. The Labute approximate surface area is 146 Å². The Morgan fingerprint density at radius 3 is 2.71 bits per heavy atom. The van der Waals surface area contributed by atoms with Crippen LogP contribution in [-0.2, 0) is 4.79 Å². The number of nitrogens with one attached hydrogen (secondary N) is 1. The third kappa shape index (κ3) is 3.50. The zero-order chi connectivity index (χ0) is 17.3. The second-order valence-corrected chi connectivity index (χ2v) is 7.75. The average molecular weight is 348 g/mol. The molecule has 0 spiro atoms. The zero-order valence-electron chi connectivity index (χ0n) is 14.6. The number of rotatable bonds is 5. The Kier molecular flexibility index (Phi) is 4.99. The minimum atomic E-state index is -0.261. The van der Waals surface area contributed by atoms with Gasteiger partial charge in [0.05, 0.1) is 10.9 Å². The van der Waals surface area contributed by atoms with Crippen molar-refractivity contribution in [3.63, 3.8) is 0 Å². The van der Waals surface area contributed by atoms with Crippen LogP contribution >= 0.6 is 11.8 Å². The van der Waals surface area contributed by atoms with Crippen molar-refractivity contribution < 1.29 is 9.32 Å². The smallest absolute Gasteiger partial charge is 0.238 e. The number of hydrogen-bond acceptors (Lipinski definition) is 5. The van der Waals surface area contributed by atoms with E-state index in [4.69, 9.17) is 9.51 Å². The number of amides is 1. The fourth-order valence-corrected chi connectivity index (χ4v) is 4.21. The molecule has 2 aromatic rings. The van der Waals surface area contributed by atoms with E-state index < -0.39 is 0 Å². The zero-order valence-corrected chi connectivity index (χ0v) is 15.4. The van der Waals surface area contributed by atoms with Crippen molar-refractivity contribution in [1.29, 1.82) is 0 Å². The molecule has 0 unspecified atom stereocenters. The Morgan fingerprint density at radius 2 is 2.08 bits per heavy atom. The van der Waals surface area contributed by atoms with Crippen LogP contribution in [0.25, 0.3) is 0 Å². The van der Waals surface area contributed by atoms with Crippen LogP contribution < -0.4 is 5.32 Å². The van der Waals surface area contributed by atoms with Gasteiger partial charge in [-0.3, -0.25) is 4.79 Å². The summed E-state index contributed by atoms with van der Waals surface area (Å²) < 4.78 is 7.31. The first-order chi connectivity index (χ1) is 11.5. The van der Waals surface area contributed by atoms with Gasteiger partial charge in [-0.2, -0.15) is 0 Å². The lowest BCUT2D eigenvalue weighted by molar-refractivity contribution is -0.115. The molecule has 0 saturated heterocycles. The summed E-state index contributed by atoms with van der Waals surface area (Å²) in [7, 11) is 0. The SMILES string of the molecule is Cc1cc(NC(=O)[C@@H](C)Sc2nc(C)c(C)n2C2CCCC2)no1. The molecule has 130 valence electrons. The first kappa shape index (κ1) is 17.1. The molecular weight excluding hydrogens is 324 g/mol. The quantitative estimate of drug-likeness (QED) is 0.826. The van der Waals surface area contributed by atoms with Gasteiger partial charge in [0.25, 0.3) is 0 Å². The van der Waals surface area contributed by atoms with E-state index in [2.05, 4.69) is 22.0 Å². The molecule has 1 N–H and O–H groups in total. The molecule has 6 nitrogen and oxygen atoms in total. The van der Waals surface area contributed by atoms with Gasteiger partial charge in [-0.1, -0.05) is 29.8 Å². The van der Waals surface area contributed by atoms with Crippen LogP contribution in [0, 0.1) is 20.8 Å². The summed E-state index contributed by atoms with van der Waals surface area (Å²) >= 11 is 1.51. The van der Waals surface area contributed by atoms with E-state index in [0.717, 1.165) is 10.9 Å². The minimum absolute atomic E-state index is 0.0930. The van der Waals surface area contributed by atoms with E-state index in [0.29, 0.717) is 17.6 Å². The van der Waals surface area contributed by atoms with Gasteiger partial charge in [0.1, 0.15) is 5.76 Å². The van der Waals surface area contributed by atoms with Crippen molar-refractivity contribution in [2.45, 2.75) is 69.8 Å². The predicted octanol–water partition coefficient (Wildman–Crippen LogP) is 4.03. The number of anilines is 1. The van der Waals surface area contributed by atoms with Gasteiger partial charge < -0.3 is 14.4 Å². The molecule has 3 rings (SSSR count). The maximum Gasteiger partial charge on any atom is 0.238 e. The fourth-order valence-electron chi connectivity index (χ4n) is 3.14. The van der Waals surface area contributed by atoms with Crippen molar-refractivity contribution in [2.24, 2.45) is 0 Å². The summed E-state index contributed by atoms with van der Waals surface area (Å²) in [5, 5.41) is 7.28. The number of aryl methyl sites for hydroxylation is 2. The molecule has 1 amide bonds. The molecule has 1 fully saturated rings. The van der Waals surface area contributed by atoms with E-state index in [9.17, 15) is 4.79 Å². The van der Waals surface area contributed by atoms with Gasteiger partial charge in [0.15, 0.2) is 11.0 Å². The van der Waals surface area contributed by atoms with Gasteiger partial charge in [-0.05, 0) is 40.5 Å². The van der Waals surface area contributed by atoms with Crippen molar-refractivity contribution in [3.05, 3.63) is 23.2 Å². The van der Waals surface area contributed by atoms with Crippen LogP contribution in [0.3, 0.4) is 0 Å². The summed E-state index contributed by atoms with van der Waals surface area (Å²) in [6, 6.07) is 2.23. The van der Waals surface area contributed by atoms with Gasteiger partial charge in [-0.25, -0.2) is 4.98 Å². The van der Waals surface area contributed by atoms with Crippen LogP contribution in [-0.4, -0.2) is 25.9 Å². The third-order valence-electron chi connectivity index (χ3n) is 4.57. The lowest BCUT2D eigenvalue weighted by Gasteiger charge is -2.18. The third-order valence-corrected chi connectivity index (χ3v) is 5.64. The van der Waals surface area contributed by atoms with Gasteiger partial charge in [-0.15, -0.1) is 0 Å². The van der Waals surface area contributed by atoms with Crippen molar-refractivity contribution in [2.75, 3.05) is 5.32 Å². The van der Waals surface area contributed by atoms with Crippen molar-refractivity contribution in [3.8, 4) is 0 Å². The van der Waals surface area contributed by atoms with E-state index >= 15 is 0 Å². The van der Waals surface area contributed by atoms with Crippen molar-refractivity contribution in [1.82, 2.24) is 14.7 Å². The number of carbonyl (C=O) groups is 1. The summed E-state index contributed by atoms with van der Waals surface area (Å²) in [4.78, 5) is 17.1. The lowest BCUT2D eigenvalue weighted by Crippen LogP contribution is -2.23. The standard InChI is InChI=1S/C17H24N4O2S/c1-10-9-15(20-23-10)19-16(22)13(4)24-17-18-11(2)12(3)21(17)14-7-5-6-8-14/h9,13-14H,5-8H2,1-4H3,(H,19,20,22)/t13-/m1/s1. The molecule has 2 heterocycles. The summed E-state index contributed by atoms with van der Waals surface area (Å²) in [5.41, 5.74) is 2.26. The van der Waals surface area contributed by atoms with E-state index in [1.165, 1.54) is 43.1 Å². The predicted molar refractivity (Wildman–Crippen MR) is 94.4 cm³/mol. The minimum Gasteiger partial charge on any atom is -0.360 e. The molecule has 24 heavy (non-hydrogen) atoms. The number of imidazole rings is 1. The Hall–Kier alpha value is -1.76. The number of nitrogens with zero attached hydrogens (tertiary/aromatic N) is 3. The van der Waals surface area contributed by atoms with Crippen LogP contribution in [0.4, 0.5) is 5.82 Å². The molecule has 0 aliphatic heterocycles. The second kappa shape index (κ2) is 7.01. The molecule has 0 radical (unpaired) electrons. The molecule has 2 aromatic heterocycles. The Balaban J connectivity index is 1.72. The summed E-state index contributed by atoms with van der Waals surface area (Å²) in [6.07, 6.45) is 4.94. The van der Waals surface area contributed by atoms with Crippen molar-refractivity contribution >= 4 is 23.5 Å². The highest BCUT2D eigenvalue weighted by Gasteiger charge is 2.26. The summed E-state index contributed by atoms with van der Waals surface area (Å²) in [6.45, 7) is 7.84. The number of hydrogen-bond donors (Lipinski definition) is 1. The van der Waals surface area contributed by atoms with Crippen LogP contribution in [0.15, 0.2) is 15.7 Å². The molecule has 1 aliphatic rings. The molecule has 1 aliphatic carbocycles. The second-order valence-electron chi connectivity index (χ2n) is 6.45. The van der Waals surface area contributed by atoms with Gasteiger partial charge in [0.2, 0.25) is 5.91 Å². The van der Waals surface area contributed by atoms with Crippen LogP contribution in [0.5, 0.6) is 0 Å². The molecule has 7 heteroatoms. The Bertz CT molecular complexity index is 731. The normalized spacial score (nSPS) is 16.5. The highest BCUT2D eigenvalue weighted by Crippen LogP contribution is 2.36. The first-order valence-electron chi connectivity index (χ1n) is 8.42. The van der Waals surface area contributed by atoms with E-state index in [1.54, 1.807) is 13.0 Å². The van der Waals surface area contributed by atoms with E-state index in [-0.39, 0.29) is 11.2 Å². The average Bonchev–Trinajstić information content (AvgIpc) is 3.23. The monoisotopic (exact) mass is 348 g/mol. The number of aromatic nitrogens is 3. The number of thioether (sulfide) groups is 1. The molecule has 0 aromatic carbocycles. The maximum atomic E-state index is 12.4.